The second-order valence-corrected chi connectivity index (χ2v) is 6.03. The van der Waals surface area contributed by atoms with Crippen molar-refractivity contribution in [2.45, 2.75) is 19.8 Å². The molecule has 124 valence electrons. The number of benzene rings is 1. The minimum absolute atomic E-state index is 0.0879. The van der Waals surface area contributed by atoms with Crippen LogP contribution in [0.25, 0.3) is 11.4 Å². The summed E-state index contributed by atoms with van der Waals surface area (Å²) >= 11 is 0. The van der Waals surface area contributed by atoms with Crippen LogP contribution in [0.5, 0.6) is 0 Å². The molecule has 2 aromatic rings. The zero-order valence-electron chi connectivity index (χ0n) is 13.6. The first-order chi connectivity index (χ1) is 11.6. The van der Waals surface area contributed by atoms with Gasteiger partial charge in [-0.25, -0.2) is 9.97 Å². The van der Waals surface area contributed by atoms with E-state index >= 15 is 0 Å². The normalized spacial score (nSPS) is 15.3. The molecule has 2 heterocycles. The number of nitrogens with zero attached hydrogens (tertiary/aromatic N) is 3. The van der Waals surface area contributed by atoms with Crippen LogP contribution in [-0.2, 0) is 4.79 Å². The Bertz CT molecular complexity index is 753. The topological polar surface area (TPSA) is 89.2 Å². The first kappa shape index (κ1) is 16.1. The van der Waals surface area contributed by atoms with E-state index in [4.69, 9.17) is 5.73 Å². The Hall–Kier alpha value is -2.76. The number of rotatable bonds is 3. The fourth-order valence-corrected chi connectivity index (χ4v) is 2.94. The van der Waals surface area contributed by atoms with Crippen molar-refractivity contribution in [1.29, 1.82) is 0 Å². The summed E-state index contributed by atoms with van der Waals surface area (Å²) < 4.78 is 0. The van der Waals surface area contributed by atoms with Crippen molar-refractivity contribution in [2.24, 2.45) is 11.7 Å². The van der Waals surface area contributed by atoms with Gasteiger partial charge in [0.25, 0.3) is 5.91 Å². The van der Waals surface area contributed by atoms with E-state index in [1.165, 1.54) is 0 Å². The van der Waals surface area contributed by atoms with E-state index in [0.717, 1.165) is 5.56 Å². The van der Waals surface area contributed by atoms with Gasteiger partial charge in [-0.2, -0.15) is 0 Å². The van der Waals surface area contributed by atoms with Gasteiger partial charge < -0.3 is 10.6 Å². The van der Waals surface area contributed by atoms with Crippen molar-refractivity contribution in [1.82, 2.24) is 14.9 Å². The maximum Gasteiger partial charge on any atom is 0.257 e. The molecule has 3 rings (SSSR count). The minimum atomic E-state index is -0.283. The number of piperidine rings is 1. The van der Waals surface area contributed by atoms with Gasteiger partial charge in [-0.3, -0.25) is 9.59 Å². The van der Waals surface area contributed by atoms with Gasteiger partial charge >= 0.3 is 0 Å². The molecule has 1 fully saturated rings. The lowest BCUT2D eigenvalue weighted by Gasteiger charge is -2.30. The van der Waals surface area contributed by atoms with Crippen LogP contribution in [0.4, 0.5) is 0 Å². The molecule has 0 atom stereocenters. The van der Waals surface area contributed by atoms with Crippen molar-refractivity contribution in [3.05, 3.63) is 47.8 Å². The molecule has 0 aliphatic carbocycles. The summed E-state index contributed by atoms with van der Waals surface area (Å²) in [7, 11) is 0. The summed E-state index contributed by atoms with van der Waals surface area (Å²) in [5, 5.41) is 0. The Morgan fingerprint density at radius 3 is 2.42 bits per heavy atom. The molecule has 0 spiro atoms. The highest BCUT2D eigenvalue weighted by Crippen LogP contribution is 2.21. The maximum atomic E-state index is 12.7. The van der Waals surface area contributed by atoms with Crippen LogP contribution in [0.3, 0.4) is 0 Å². The molecule has 0 saturated carbocycles. The average molecular weight is 324 g/mol. The standard InChI is InChI=1S/C18H20N4O2/c1-12-15(11-20-17(21-12)14-5-3-2-4-6-14)18(24)22-9-7-13(8-10-22)16(19)23/h2-6,11,13H,7-10H2,1H3,(H2,19,23). The molecule has 6 nitrogen and oxygen atoms in total. The molecule has 24 heavy (non-hydrogen) atoms. The van der Waals surface area contributed by atoms with Crippen LogP contribution >= 0.6 is 0 Å². The average Bonchev–Trinajstić information content (AvgIpc) is 2.62. The summed E-state index contributed by atoms with van der Waals surface area (Å²) in [6, 6.07) is 9.66. The van der Waals surface area contributed by atoms with Gasteiger partial charge in [0.15, 0.2) is 5.82 Å². The Labute approximate surface area is 140 Å². The molecule has 1 aromatic heterocycles. The van der Waals surface area contributed by atoms with Crippen LogP contribution < -0.4 is 5.73 Å². The molecule has 1 aliphatic rings. The summed E-state index contributed by atoms with van der Waals surface area (Å²) in [6.07, 6.45) is 2.82. The van der Waals surface area contributed by atoms with E-state index in [1.54, 1.807) is 11.1 Å². The van der Waals surface area contributed by atoms with E-state index in [-0.39, 0.29) is 17.7 Å². The lowest BCUT2D eigenvalue weighted by Crippen LogP contribution is -2.42. The number of likely N-dealkylation sites (tertiary alicyclic amines) is 1. The zero-order valence-corrected chi connectivity index (χ0v) is 13.6. The van der Waals surface area contributed by atoms with E-state index in [1.807, 2.05) is 37.3 Å². The van der Waals surface area contributed by atoms with Crippen LogP contribution in [0.1, 0.15) is 28.9 Å². The smallest absolute Gasteiger partial charge is 0.257 e. The number of hydrogen-bond donors (Lipinski definition) is 1. The van der Waals surface area contributed by atoms with Gasteiger partial charge in [0.2, 0.25) is 5.91 Å². The second kappa shape index (κ2) is 6.78. The first-order valence-electron chi connectivity index (χ1n) is 8.04. The maximum absolute atomic E-state index is 12.7. The molecule has 2 N–H and O–H groups in total. The molecule has 0 bridgehead atoms. The molecule has 2 amide bonds. The molecule has 1 aromatic carbocycles. The predicted octanol–water partition coefficient (Wildman–Crippen LogP) is 1.79. The highest BCUT2D eigenvalue weighted by atomic mass is 16.2. The summed E-state index contributed by atoms with van der Waals surface area (Å²) in [4.78, 5) is 34.4. The second-order valence-electron chi connectivity index (χ2n) is 6.03. The third-order valence-corrected chi connectivity index (χ3v) is 4.43. The molecular formula is C18H20N4O2. The number of nitrogens with two attached hydrogens (primary N) is 1. The first-order valence-corrected chi connectivity index (χ1v) is 8.04. The molecular weight excluding hydrogens is 304 g/mol. The lowest BCUT2D eigenvalue weighted by atomic mass is 9.96. The van der Waals surface area contributed by atoms with Crippen LogP contribution in [0, 0.1) is 12.8 Å². The number of aryl methyl sites for hydroxylation is 1. The SMILES string of the molecule is Cc1nc(-c2ccccc2)ncc1C(=O)N1CCC(C(N)=O)CC1. The zero-order chi connectivity index (χ0) is 17.1. The Morgan fingerprint density at radius 1 is 1.17 bits per heavy atom. The van der Waals surface area contributed by atoms with Crippen molar-refractivity contribution in [3.63, 3.8) is 0 Å². The highest BCUT2D eigenvalue weighted by molar-refractivity contribution is 5.95. The third-order valence-electron chi connectivity index (χ3n) is 4.43. The number of hydrogen-bond acceptors (Lipinski definition) is 4. The molecule has 0 radical (unpaired) electrons. The van der Waals surface area contributed by atoms with Crippen LogP contribution in [0.2, 0.25) is 0 Å². The van der Waals surface area contributed by atoms with E-state index < -0.39 is 0 Å². The van der Waals surface area contributed by atoms with E-state index in [0.29, 0.717) is 43.0 Å². The van der Waals surface area contributed by atoms with Crippen molar-refractivity contribution in [2.75, 3.05) is 13.1 Å². The van der Waals surface area contributed by atoms with Gasteiger partial charge in [0, 0.05) is 30.8 Å². The van der Waals surface area contributed by atoms with Gasteiger partial charge in [-0.05, 0) is 19.8 Å². The number of carbonyl (C=O) groups excluding carboxylic acids is 2. The van der Waals surface area contributed by atoms with Gasteiger partial charge in [-0.1, -0.05) is 30.3 Å². The van der Waals surface area contributed by atoms with Gasteiger partial charge in [0.05, 0.1) is 11.3 Å². The van der Waals surface area contributed by atoms with Crippen LogP contribution in [-0.4, -0.2) is 39.8 Å². The van der Waals surface area contributed by atoms with Gasteiger partial charge in [-0.15, -0.1) is 0 Å². The molecule has 0 unspecified atom stereocenters. The Balaban J connectivity index is 1.75. The van der Waals surface area contributed by atoms with Crippen LogP contribution in [0.15, 0.2) is 36.5 Å². The lowest BCUT2D eigenvalue weighted by molar-refractivity contribution is -0.123. The quantitative estimate of drug-likeness (QED) is 0.932. The van der Waals surface area contributed by atoms with Crippen molar-refractivity contribution in [3.8, 4) is 11.4 Å². The fraction of sp³-hybridized carbons (Fsp3) is 0.333. The number of carbonyl (C=O) groups is 2. The minimum Gasteiger partial charge on any atom is -0.369 e. The van der Waals surface area contributed by atoms with Gasteiger partial charge in [0.1, 0.15) is 0 Å². The molecule has 6 heteroatoms. The number of primary amides is 1. The fourth-order valence-electron chi connectivity index (χ4n) is 2.94. The molecule has 1 aliphatic heterocycles. The molecule has 1 saturated heterocycles. The largest absolute Gasteiger partial charge is 0.369 e. The monoisotopic (exact) mass is 324 g/mol. The summed E-state index contributed by atoms with van der Waals surface area (Å²) in [6.45, 7) is 2.89. The number of aromatic nitrogens is 2. The third kappa shape index (κ3) is 3.27. The predicted molar refractivity (Wildman–Crippen MR) is 90.0 cm³/mol. The van der Waals surface area contributed by atoms with Crippen molar-refractivity contribution < 1.29 is 9.59 Å². The summed E-state index contributed by atoms with van der Waals surface area (Å²) in [5.41, 5.74) is 7.42. The summed E-state index contributed by atoms with van der Waals surface area (Å²) in [5.74, 6) is 0.104. The number of amides is 2. The Kier molecular flexibility index (Phi) is 4.55. The van der Waals surface area contributed by atoms with Crippen molar-refractivity contribution >= 4 is 11.8 Å². The highest BCUT2D eigenvalue weighted by Gasteiger charge is 2.27. The Morgan fingerprint density at radius 2 is 1.83 bits per heavy atom. The van der Waals surface area contributed by atoms with E-state index in [9.17, 15) is 9.59 Å². The van der Waals surface area contributed by atoms with E-state index in [2.05, 4.69) is 9.97 Å².